The van der Waals surface area contributed by atoms with Crippen molar-refractivity contribution in [1.29, 1.82) is 0 Å². The minimum absolute atomic E-state index is 0.360. The highest BCUT2D eigenvalue weighted by Gasteiger charge is 2.16. The van der Waals surface area contributed by atoms with Crippen molar-refractivity contribution >= 4 is 21.5 Å². The zero-order valence-electron chi connectivity index (χ0n) is 11.8. The molecular weight excluding hydrogens is 282 g/mol. The van der Waals surface area contributed by atoms with Crippen LogP contribution in [-0.2, 0) is 16.8 Å². The smallest absolute Gasteiger partial charge is 0.279 e. The number of hydrogen-bond donors (Lipinski definition) is 2. The van der Waals surface area contributed by atoms with Crippen LogP contribution in [0.15, 0.2) is 12.1 Å². The topological polar surface area (TPSA) is 61.4 Å². The molecule has 110 valence electrons. The summed E-state index contributed by atoms with van der Waals surface area (Å²) in [5.41, 5.74) is 0. The summed E-state index contributed by atoms with van der Waals surface area (Å²) in [6.07, 6.45) is 0.809. The van der Waals surface area contributed by atoms with Gasteiger partial charge in [-0.3, -0.25) is 0 Å². The van der Waals surface area contributed by atoms with Crippen molar-refractivity contribution in [2.45, 2.75) is 26.8 Å². The summed E-state index contributed by atoms with van der Waals surface area (Å²) in [5, 5.41) is 3.18. The van der Waals surface area contributed by atoms with E-state index in [1.807, 2.05) is 26.0 Å². The fraction of sp³-hybridized carbons (Fsp3) is 0.667. The second-order valence-corrected chi connectivity index (χ2v) is 7.60. The molecule has 0 atom stereocenters. The van der Waals surface area contributed by atoms with Crippen LogP contribution in [0.3, 0.4) is 0 Å². The molecule has 0 spiro atoms. The molecule has 0 radical (unpaired) electrons. The molecular formula is C12H23N3O2S2. The molecule has 0 aromatic carbocycles. The van der Waals surface area contributed by atoms with Gasteiger partial charge in [0.05, 0.1) is 0 Å². The van der Waals surface area contributed by atoms with Crippen LogP contribution in [0.1, 0.15) is 23.1 Å². The zero-order chi connectivity index (χ0) is 14.3. The van der Waals surface area contributed by atoms with Gasteiger partial charge in [-0.1, -0.05) is 6.92 Å². The van der Waals surface area contributed by atoms with E-state index in [0.29, 0.717) is 13.1 Å². The number of hydrogen-bond acceptors (Lipinski definition) is 4. The molecule has 0 aliphatic heterocycles. The van der Waals surface area contributed by atoms with E-state index >= 15 is 0 Å². The fourth-order valence-electron chi connectivity index (χ4n) is 1.58. The van der Waals surface area contributed by atoms with Gasteiger partial charge in [0.15, 0.2) is 0 Å². The van der Waals surface area contributed by atoms with Gasteiger partial charge >= 0.3 is 0 Å². The largest absolute Gasteiger partial charge is 0.317 e. The Morgan fingerprint density at radius 2 is 2.11 bits per heavy atom. The molecule has 7 heteroatoms. The van der Waals surface area contributed by atoms with Crippen molar-refractivity contribution in [3.63, 3.8) is 0 Å². The normalized spacial score (nSPS) is 12.2. The maximum Gasteiger partial charge on any atom is 0.279 e. The fourth-order valence-corrected chi connectivity index (χ4v) is 3.43. The molecule has 19 heavy (non-hydrogen) atoms. The summed E-state index contributed by atoms with van der Waals surface area (Å²) in [7, 11) is -1.77. The summed E-state index contributed by atoms with van der Waals surface area (Å²) in [6.45, 7) is 6.66. The van der Waals surface area contributed by atoms with E-state index in [1.165, 1.54) is 9.18 Å². The highest BCUT2D eigenvalue weighted by Crippen LogP contribution is 2.14. The molecule has 0 saturated carbocycles. The molecule has 1 aromatic heterocycles. The Balaban J connectivity index is 2.37. The highest BCUT2D eigenvalue weighted by atomic mass is 32.2. The van der Waals surface area contributed by atoms with Crippen LogP contribution in [-0.4, -0.2) is 39.4 Å². The molecule has 0 aliphatic rings. The first-order valence-corrected chi connectivity index (χ1v) is 8.68. The monoisotopic (exact) mass is 305 g/mol. The van der Waals surface area contributed by atoms with E-state index < -0.39 is 10.2 Å². The minimum Gasteiger partial charge on any atom is -0.317 e. The Labute approximate surface area is 120 Å². The molecule has 5 nitrogen and oxygen atoms in total. The van der Waals surface area contributed by atoms with Gasteiger partial charge in [0.25, 0.3) is 10.2 Å². The van der Waals surface area contributed by atoms with Crippen LogP contribution in [0, 0.1) is 6.92 Å². The molecule has 0 amide bonds. The van der Waals surface area contributed by atoms with E-state index in [-0.39, 0.29) is 0 Å². The molecule has 1 aromatic rings. The first-order chi connectivity index (χ1) is 8.95. The predicted molar refractivity (Wildman–Crippen MR) is 80.6 cm³/mol. The summed E-state index contributed by atoms with van der Waals surface area (Å²) in [6, 6.07) is 3.95. The van der Waals surface area contributed by atoms with E-state index in [4.69, 9.17) is 0 Å². The molecule has 0 saturated heterocycles. The average Bonchev–Trinajstić information content (AvgIpc) is 2.78. The van der Waals surface area contributed by atoms with E-state index in [9.17, 15) is 8.42 Å². The number of rotatable bonds is 9. The van der Waals surface area contributed by atoms with Gasteiger partial charge in [0.2, 0.25) is 0 Å². The minimum atomic E-state index is -3.37. The van der Waals surface area contributed by atoms with Crippen molar-refractivity contribution < 1.29 is 8.42 Å². The van der Waals surface area contributed by atoms with Crippen LogP contribution in [0.2, 0.25) is 0 Å². The van der Waals surface area contributed by atoms with Crippen LogP contribution < -0.4 is 10.0 Å². The Hall–Kier alpha value is -0.470. The zero-order valence-corrected chi connectivity index (χ0v) is 13.4. The average molecular weight is 305 g/mol. The molecule has 0 unspecified atom stereocenters. The third-order valence-electron chi connectivity index (χ3n) is 2.71. The maximum absolute atomic E-state index is 12.0. The lowest BCUT2D eigenvalue weighted by atomic mass is 10.4. The van der Waals surface area contributed by atoms with Gasteiger partial charge in [-0.15, -0.1) is 11.3 Å². The number of nitrogens with one attached hydrogen (secondary N) is 2. The SMILES string of the molecule is CCNCCCN(C)S(=O)(=O)NCc1ccc(C)s1. The maximum atomic E-state index is 12.0. The van der Waals surface area contributed by atoms with E-state index in [0.717, 1.165) is 24.4 Å². The Morgan fingerprint density at radius 1 is 1.37 bits per heavy atom. The Kier molecular flexibility index (Phi) is 6.95. The third-order valence-corrected chi connectivity index (χ3v) is 5.22. The lowest BCUT2D eigenvalue weighted by Crippen LogP contribution is -2.38. The van der Waals surface area contributed by atoms with Crippen LogP contribution in [0.25, 0.3) is 0 Å². The summed E-state index contributed by atoms with van der Waals surface area (Å²) >= 11 is 1.61. The van der Waals surface area contributed by atoms with Crippen LogP contribution in [0.4, 0.5) is 0 Å². The van der Waals surface area contributed by atoms with Gasteiger partial charge < -0.3 is 5.32 Å². The third kappa shape index (κ3) is 6.01. The molecule has 1 heterocycles. The summed E-state index contributed by atoms with van der Waals surface area (Å²) < 4.78 is 27.9. The Morgan fingerprint density at radius 3 is 2.68 bits per heavy atom. The van der Waals surface area contributed by atoms with Crippen LogP contribution >= 0.6 is 11.3 Å². The van der Waals surface area contributed by atoms with Crippen molar-refractivity contribution in [1.82, 2.24) is 14.3 Å². The van der Waals surface area contributed by atoms with Gasteiger partial charge in [-0.05, 0) is 38.6 Å². The van der Waals surface area contributed by atoms with Crippen molar-refractivity contribution in [3.8, 4) is 0 Å². The van der Waals surface area contributed by atoms with Gasteiger partial charge in [-0.25, -0.2) is 0 Å². The first-order valence-electron chi connectivity index (χ1n) is 6.42. The quantitative estimate of drug-likeness (QED) is 0.677. The second kappa shape index (κ2) is 7.96. The number of nitrogens with zero attached hydrogens (tertiary/aromatic N) is 1. The number of thiophene rings is 1. The van der Waals surface area contributed by atoms with Crippen LogP contribution in [0.5, 0.6) is 0 Å². The van der Waals surface area contributed by atoms with Gasteiger partial charge in [-0.2, -0.15) is 17.4 Å². The summed E-state index contributed by atoms with van der Waals surface area (Å²) in [4.78, 5) is 2.22. The van der Waals surface area contributed by atoms with E-state index in [1.54, 1.807) is 18.4 Å². The summed E-state index contributed by atoms with van der Waals surface area (Å²) in [5.74, 6) is 0. The van der Waals surface area contributed by atoms with E-state index in [2.05, 4.69) is 10.0 Å². The lowest BCUT2D eigenvalue weighted by Gasteiger charge is -2.17. The van der Waals surface area contributed by atoms with Gasteiger partial charge in [0, 0.05) is 29.9 Å². The highest BCUT2D eigenvalue weighted by molar-refractivity contribution is 7.87. The van der Waals surface area contributed by atoms with Gasteiger partial charge in [0.1, 0.15) is 0 Å². The van der Waals surface area contributed by atoms with Crippen molar-refractivity contribution in [3.05, 3.63) is 21.9 Å². The second-order valence-electron chi connectivity index (χ2n) is 4.37. The predicted octanol–water partition coefficient (Wildman–Crippen LogP) is 1.32. The molecule has 0 fully saturated rings. The van der Waals surface area contributed by atoms with Crippen molar-refractivity contribution in [2.24, 2.45) is 0 Å². The molecule has 0 bridgehead atoms. The molecule has 2 N–H and O–H groups in total. The standard InChI is InChI=1S/C12H23N3O2S2/c1-4-13-8-5-9-15(3)19(16,17)14-10-12-7-6-11(2)18-12/h6-7,13-14H,4-5,8-10H2,1-3H3. The van der Waals surface area contributed by atoms with Crippen molar-refractivity contribution in [2.75, 3.05) is 26.7 Å². The Bertz CT molecular complexity index is 471. The molecule has 0 aliphatic carbocycles. The first kappa shape index (κ1) is 16.6. The lowest BCUT2D eigenvalue weighted by molar-refractivity contribution is 0.445. The molecule has 1 rings (SSSR count). The number of aryl methyl sites for hydroxylation is 1.